The molecule has 0 saturated carbocycles. The van der Waals surface area contributed by atoms with Crippen molar-refractivity contribution in [1.82, 2.24) is 20.4 Å². The molecule has 8 heteroatoms. The van der Waals surface area contributed by atoms with Crippen molar-refractivity contribution in [2.24, 2.45) is 5.10 Å². The number of carbonyl (C=O) groups is 1. The highest BCUT2D eigenvalue weighted by Gasteiger charge is 2.07. The number of carbonyl (C=O) groups excluding carboxylic acids is 1. The molecule has 122 valence electrons. The number of rotatable bonds is 5. The maximum atomic E-state index is 13.6. The molecule has 0 unspecified atom stereocenters. The van der Waals surface area contributed by atoms with E-state index in [2.05, 4.69) is 20.8 Å². The van der Waals surface area contributed by atoms with E-state index in [1.807, 2.05) is 24.3 Å². The fourth-order valence-corrected chi connectivity index (χ4v) is 2.36. The molecule has 1 amide bonds. The molecule has 0 spiro atoms. The summed E-state index contributed by atoms with van der Waals surface area (Å²) in [5, 5.41) is 12.0. The van der Waals surface area contributed by atoms with E-state index in [9.17, 15) is 9.18 Å². The van der Waals surface area contributed by atoms with Gasteiger partial charge in [-0.15, -0.1) is 5.10 Å². The predicted molar refractivity (Wildman–Crippen MR) is 89.3 cm³/mol. The van der Waals surface area contributed by atoms with Crippen molar-refractivity contribution in [3.8, 4) is 0 Å². The maximum Gasteiger partial charge on any atom is 0.241 e. The van der Waals surface area contributed by atoms with Gasteiger partial charge in [0.15, 0.2) is 0 Å². The topological polar surface area (TPSA) is 72.2 Å². The Kier molecular flexibility index (Phi) is 4.81. The molecule has 1 heterocycles. The van der Waals surface area contributed by atoms with Gasteiger partial charge in [0.2, 0.25) is 5.91 Å². The fourth-order valence-electron chi connectivity index (χ4n) is 2.15. The summed E-state index contributed by atoms with van der Waals surface area (Å²) in [4.78, 5) is 11.8. The summed E-state index contributed by atoms with van der Waals surface area (Å²) in [6.07, 6.45) is 1.34. The highest BCUT2D eigenvalue weighted by molar-refractivity contribution is 6.33. The number of benzene rings is 2. The number of hydrogen-bond donors (Lipinski definition) is 1. The van der Waals surface area contributed by atoms with E-state index in [4.69, 9.17) is 11.6 Å². The van der Waals surface area contributed by atoms with Gasteiger partial charge in [0, 0.05) is 12.0 Å². The number of hydrazone groups is 1. The van der Waals surface area contributed by atoms with Gasteiger partial charge in [0.1, 0.15) is 11.3 Å². The fraction of sp³-hybridized carbons (Fsp3) is 0.125. The van der Waals surface area contributed by atoms with Crippen LogP contribution in [0.3, 0.4) is 0 Å². The minimum Gasteiger partial charge on any atom is -0.273 e. The van der Waals surface area contributed by atoms with Crippen LogP contribution < -0.4 is 5.43 Å². The first-order valence-corrected chi connectivity index (χ1v) is 7.57. The smallest absolute Gasteiger partial charge is 0.241 e. The van der Waals surface area contributed by atoms with E-state index in [0.717, 1.165) is 11.0 Å². The van der Waals surface area contributed by atoms with Crippen molar-refractivity contribution in [3.05, 3.63) is 58.9 Å². The van der Waals surface area contributed by atoms with Crippen LogP contribution >= 0.6 is 11.6 Å². The first-order valence-electron chi connectivity index (χ1n) is 7.19. The van der Waals surface area contributed by atoms with Crippen LogP contribution in [0.5, 0.6) is 0 Å². The summed E-state index contributed by atoms with van der Waals surface area (Å²) in [6.45, 7) is 0.363. The van der Waals surface area contributed by atoms with Crippen LogP contribution in [-0.4, -0.2) is 27.1 Å². The monoisotopic (exact) mass is 345 g/mol. The molecule has 1 aromatic heterocycles. The molecule has 3 rings (SSSR count). The lowest BCUT2D eigenvalue weighted by Gasteiger charge is -2.02. The molecule has 0 aliphatic carbocycles. The minimum atomic E-state index is -0.505. The normalized spacial score (nSPS) is 11.2. The zero-order valence-corrected chi connectivity index (χ0v) is 13.2. The number of nitrogens with one attached hydrogen (secondary N) is 1. The molecular weight excluding hydrogens is 333 g/mol. The van der Waals surface area contributed by atoms with Crippen molar-refractivity contribution in [2.45, 2.75) is 13.0 Å². The number of para-hydroxylation sites is 1. The molecule has 24 heavy (non-hydrogen) atoms. The molecule has 0 radical (unpaired) electrons. The van der Waals surface area contributed by atoms with Crippen molar-refractivity contribution < 1.29 is 9.18 Å². The van der Waals surface area contributed by atoms with Crippen molar-refractivity contribution in [1.29, 1.82) is 0 Å². The number of nitrogens with zero attached hydrogens (tertiary/aromatic N) is 4. The average Bonchev–Trinajstić information content (AvgIpc) is 2.99. The molecule has 0 saturated heterocycles. The molecule has 1 N–H and O–H groups in total. The molecule has 6 nitrogen and oxygen atoms in total. The second-order valence-electron chi connectivity index (χ2n) is 4.98. The third kappa shape index (κ3) is 3.57. The van der Waals surface area contributed by atoms with Gasteiger partial charge in [-0.05, 0) is 24.3 Å². The van der Waals surface area contributed by atoms with Gasteiger partial charge in [-0.1, -0.05) is 35.0 Å². The summed E-state index contributed by atoms with van der Waals surface area (Å²) in [5.41, 5.74) is 4.09. The number of aryl methyl sites for hydroxylation is 1. The first kappa shape index (κ1) is 16.1. The van der Waals surface area contributed by atoms with Gasteiger partial charge in [-0.2, -0.15) is 5.10 Å². The zero-order valence-electron chi connectivity index (χ0n) is 12.5. The Morgan fingerprint density at radius 3 is 2.96 bits per heavy atom. The van der Waals surface area contributed by atoms with E-state index in [-0.39, 0.29) is 22.9 Å². The summed E-state index contributed by atoms with van der Waals surface area (Å²) >= 11 is 5.87. The lowest BCUT2D eigenvalue weighted by atomic mass is 10.2. The Morgan fingerprint density at radius 1 is 1.29 bits per heavy atom. The lowest BCUT2D eigenvalue weighted by Crippen LogP contribution is -2.19. The lowest BCUT2D eigenvalue weighted by molar-refractivity contribution is -0.121. The number of hydrogen-bond acceptors (Lipinski definition) is 4. The van der Waals surface area contributed by atoms with Gasteiger partial charge in [0.05, 0.1) is 23.3 Å². The second kappa shape index (κ2) is 7.18. The van der Waals surface area contributed by atoms with Gasteiger partial charge in [0.25, 0.3) is 0 Å². The van der Waals surface area contributed by atoms with Crippen molar-refractivity contribution >= 4 is 34.8 Å². The highest BCUT2D eigenvalue weighted by Crippen LogP contribution is 2.16. The van der Waals surface area contributed by atoms with Crippen LogP contribution in [0.15, 0.2) is 47.6 Å². The Balaban J connectivity index is 1.57. The Labute approximate surface area is 141 Å². The highest BCUT2D eigenvalue weighted by atomic mass is 35.5. The summed E-state index contributed by atoms with van der Waals surface area (Å²) in [6, 6.07) is 11.8. The second-order valence-corrected chi connectivity index (χ2v) is 5.39. The number of amides is 1. The minimum absolute atomic E-state index is 0.127. The molecule has 2 aromatic carbocycles. The van der Waals surface area contributed by atoms with Crippen LogP contribution in [0, 0.1) is 5.82 Å². The van der Waals surface area contributed by atoms with E-state index in [1.165, 1.54) is 18.3 Å². The van der Waals surface area contributed by atoms with Crippen LogP contribution in [-0.2, 0) is 11.3 Å². The number of aromatic nitrogens is 3. The largest absolute Gasteiger partial charge is 0.273 e. The molecule has 0 fully saturated rings. The van der Waals surface area contributed by atoms with Crippen LogP contribution in [0.4, 0.5) is 4.39 Å². The third-order valence-corrected chi connectivity index (χ3v) is 3.68. The Morgan fingerprint density at radius 2 is 2.12 bits per heavy atom. The van der Waals surface area contributed by atoms with E-state index < -0.39 is 5.82 Å². The van der Waals surface area contributed by atoms with Crippen LogP contribution in [0.25, 0.3) is 11.0 Å². The Hall–Kier alpha value is -2.80. The number of fused-ring (bicyclic) bond motifs is 1. The summed E-state index contributed by atoms with van der Waals surface area (Å²) in [5.74, 6) is -0.826. The number of halogens is 2. The molecule has 0 atom stereocenters. The Bertz CT molecular complexity index is 888. The average molecular weight is 346 g/mol. The van der Waals surface area contributed by atoms with Crippen molar-refractivity contribution in [2.75, 3.05) is 0 Å². The first-order chi connectivity index (χ1) is 11.6. The van der Waals surface area contributed by atoms with Gasteiger partial charge in [-0.25, -0.2) is 14.5 Å². The van der Waals surface area contributed by atoms with Crippen LogP contribution in [0.2, 0.25) is 5.02 Å². The zero-order chi connectivity index (χ0) is 16.9. The predicted octanol–water partition coefficient (Wildman–Crippen LogP) is 2.76. The molecule has 0 aliphatic rings. The van der Waals surface area contributed by atoms with Gasteiger partial charge < -0.3 is 0 Å². The van der Waals surface area contributed by atoms with Crippen molar-refractivity contribution in [3.63, 3.8) is 0 Å². The SMILES string of the molecule is O=C(CCn1nnc2ccccc21)N/N=C\c1c(F)cccc1Cl. The molecule has 3 aromatic rings. The van der Waals surface area contributed by atoms with Gasteiger partial charge >= 0.3 is 0 Å². The summed E-state index contributed by atoms with van der Waals surface area (Å²) < 4.78 is 15.2. The third-order valence-electron chi connectivity index (χ3n) is 3.35. The van der Waals surface area contributed by atoms with E-state index in [0.29, 0.717) is 6.54 Å². The van der Waals surface area contributed by atoms with Gasteiger partial charge in [-0.3, -0.25) is 4.79 Å². The van der Waals surface area contributed by atoms with E-state index in [1.54, 1.807) is 10.7 Å². The molecule has 0 bridgehead atoms. The maximum absolute atomic E-state index is 13.6. The molecule has 0 aliphatic heterocycles. The molecular formula is C16H13ClFN5O. The van der Waals surface area contributed by atoms with Crippen LogP contribution in [0.1, 0.15) is 12.0 Å². The standard InChI is InChI=1S/C16H13ClFN5O/c17-12-4-3-5-13(18)11(12)10-19-21-16(24)8-9-23-15-7-2-1-6-14(15)20-22-23/h1-7,10H,8-9H2,(H,21,24)/b19-10-. The quantitative estimate of drug-likeness (QED) is 0.571. The van der Waals surface area contributed by atoms with E-state index >= 15 is 0 Å². The summed E-state index contributed by atoms with van der Waals surface area (Å²) in [7, 11) is 0.